The summed E-state index contributed by atoms with van der Waals surface area (Å²) in [6.07, 6.45) is 2.56. The minimum absolute atomic E-state index is 0.00728. The van der Waals surface area contributed by atoms with Gasteiger partial charge in [-0.1, -0.05) is 36.4 Å². The van der Waals surface area contributed by atoms with Crippen LogP contribution in [-0.2, 0) is 11.2 Å². The summed E-state index contributed by atoms with van der Waals surface area (Å²) < 4.78 is 5.75. The van der Waals surface area contributed by atoms with E-state index in [4.69, 9.17) is 4.42 Å². The maximum Gasteiger partial charge on any atom is 0.220 e. The van der Waals surface area contributed by atoms with Crippen molar-refractivity contribution in [1.29, 1.82) is 0 Å². The van der Waals surface area contributed by atoms with E-state index < -0.39 is 0 Å². The fourth-order valence-electron chi connectivity index (χ4n) is 2.70. The van der Waals surface area contributed by atoms with Gasteiger partial charge < -0.3 is 14.6 Å². The predicted molar refractivity (Wildman–Crippen MR) is 104 cm³/mol. The molecule has 136 valence electrons. The Bertz CT molecular complexity index is 813. The normalized spacial score (nSPS) is 12.3. The quantitative estimate of drug-likeness (QED) is 0.657. The average Bonchev–Trinajstić information content (AvgIpc) is 3.33. The van der Waals surface area contributed by atoms with Crippen LogP contribution >= 0.6 is 11.3 Å². The number of nitrogens with one attached hydrogen (secondary N) is 1. The van der Waals surface area contributed by atoms with E-state index in [0.717, 1.165) is 11.3 Å². The zero-order valence-corrected chi connectivity index (χ0v) is 15.8. The number of oxazole rings is 1. The van der Waals surface area contributed by atoms with Gasteiger partial charge in [-0.15, -0.1) is 11.3 Å². The molecule has 0 saturated heterocycles. The number of carbonyl (C=O) groups is 1. The molecule has 0 saturated carbocycles. The van der Waals surface area contributed by atoms with Gasteiger partial charge in [0, 0.05) is 29.8 Å². The van der Waals surface area contributed by atoms with Crippen molar-refractivity contribution in [3.8, 4) is 11.3 Å². The molecule has 2 heterocycles. The molecule has 1 N–H and O–H groups in total. The topological polar surface area (TPSA) is 58.4 Å². The number of carbonyl (C=O) groups excluding carboxylic acids is 1. The molecule has 26 heavy (non-hydrogen) atoms. The van der Waals surface area contributed by atoms with Crippen LogP contribution in [0.15, 0.2) is 58.5 Å². The number of hydrogen-bond donors (Lipinski definition) is 1. The lowest BCUT2D eigenvalue weighted by molar-refractivity contribution is -0.121. The van der Waals surface area contributed by atoms with Crippen LogP contribution in [0.3, 0.4) is 0 Å². The minimum atomic E-state index is 0.00728. The van der Waals surface area contributed by atoms with Crippen molar-refractivity contribution in [1.82, 2.24) is 15.2 Å². The summed E-state index contributed by atoms with van der Waals surface area (Å²) in [5.74, 6) is 1.32. The van der Waals surface area contributed by atoms with Gasteiger partial charge in [-0.05, 0) is 25.5 Å². The lowest BCUT2D eigenvalue weighted by Crippen LogP contribution is -2.34. The van der Waals surface area contributed by atoms with Crippen molar-refractivity contribution in [2.45, 2.75) is 18.9 Å². The summed E-state index contributed by atoms with van der Waals surface area (Å²) in [6.45, 7) is 0.590. The molecule has 5 nitrogen and oxygen atoms in total. The second-order valence-corrected chi connectivity index (χ2v) is 7.26. The predicted octanol–water partition coefficient (Wildman–Crippen LogP) is 3.75. The van der Waals surface area contributed by atoms with Gasteiger partial charge in [0.15, 0.2) is 11.7 Å². The Hall–Kier alpha value is -2.44. The van der Waals surface area contributed by atoms with Gasteiger partial charge in [-0.2, -0.15) is 0 Å². The molecule has 0 unspecified atom stereocenters. The molecular formula is C20H23N3O2S. The van der Waals surface area contributed by atoms with E-state index in [2.05, 4.69) is 26.6 Å². The van der Waals surface area contributed by atoms with Gasteiger partial charge in [0.1, 0.15) is 0 Å². The van der Waals surface area contributed by atoms with Crippen molar-refractivity contribution in [2.75, 3.05) is 20.6 Å². The van der Waals surface area contributed by atoms with E-state index >= 15 is 0 Å². The monoisotopic (exact) mass is 369 g/mol. The van der Waals surface area contributed by atoms with Crippen LogP contribution in [0, 0.1) is 0 Å². The van der Waals surface area contributed by atoms with Gasteiger partial charge in [0.2, 0.25) is 5.91 Å². The molecule has 0 radical (unpaired) electrons. The van der Waals surface area contributed by atoms with Gasteiger partial charge in [0.25, 0.3) is 0 Å². The van der Waals surface area contributed by atoms with Crippen LogP contribution in [0.2, 0.25) is 0 Å². The van der Waals surface area contributed by atoms with Gasteiger partial charge in [-0.25, -0.2) is 4.98 Å². The van der Waals surface area contributed by atoms with Crippen molar-refractivity contribution >= 4 is 17.2 Å². The molecular weight excluding hydrogens is 346 g/mol. The summed E-state index contributed by atoms with van der Waals surface area (Å²) in [7, 11) is 4.04. The number of nitrogens with zero attached hydrogens (tertiary/aromatic N) is 2. The number of aromatic nitrogens is 1. The SMILES string of the molecule is CN(C)[C@H](CNC(=O)CCc1ncc(-c2ccccc2)o1)c1cccs1. The first kappa shape index (κ1) is 18.4. The molecule has 0 spiro atoms. The van der Waals surface area contributed by atoms with Crippen LogP contribution in [0.5, 0.6) is 0 Å². The highest BCUT2D eigenvalue weighted by Crippen LogP contribution is 2.22. The highest BCUT2D eigenvalue weighted by atomic mass is 32.1. The number of likely N-dealkylation sites (N-methyl/N-ethyl adjacent to an activating group) is 1. The first-order chi connectivity index (χ1) is 12.6. The molecule has 6 heteroatoms. The Morgan fingerprint density at radius 2 is 2.04 bits per heavy atom. The van der Waals surface area contributed by atoms with Crippen LogP contribution in [-0.4, -0.2) is 36.4 Å². The number of hydrogen-bond acceptors (Lipinski definition) is 5. The third-order valence-electron chi connectivity index (χ3n) is 4.17. The lowest BCUT2D eigenvalue weighted by Gasteiger charge is -2.23. The molecule has 0 bridgehead atoms. The molecule has 1 atom stereocenters. The summed E-state index contributed by atoms with van der Waals surface area (Å²) in [5, 5.41) is 5.07. The second-order valence-electron chi connectivity index (χ2n) is 6.28. The Labute approximate surface area is 157 Å². The smallest absolute Gasteiger partial charge is 0.220 e. The van der Waals surface area contributed by atoms with Crippen LogP contribution in [0.4, 0.5) is 0 Å². The van der Waals surface area contributed by atoms with Crippen molar-refractivity contribution < 1.29 is 9.21 Å². The minimum Gasteiger partial charge on any atom is -0.441 e. The highest BCUT2D eigenvalue weighted by Gasteiger charge is 2.16. The molecule has 0 aliphatic rings. The number of rotatable bonds is 8. The Morgan fingerprint density at radius 3 is 2.73 bits per heavy atom. The first-order valence-corrected chi connectivity index (χ1v) is 9.48. The van der Waals surface area contributed by atoms with Crippen LogP contribution in [0.1, 0.15) is 23.2 Å². The Kier molecular flexibility index (Phi) is 6.20. The number of thiophene rings is 1. The highest BCUT2D eigenvalue weighted by molar-refractivity contribution is 7.10. The zero-order chi connectivity index (χ0) is 18.4. The molecule has 3 aromatic rings. The Morgan fingerprint density at radius 1 is 1.23 bits per heavy atom. The summed E-state index contributed by atoms with van der Waals surface area (Å²) in [6, 6.07) is 14.1. The fourth-order valence-corrected chi connectivity index (χ4v) is 3.62. The first-order valence-electron chi connectivity index (χ1n) is 8.60. The maximum absolute atomic E-state index is 12.2. The van der Waals surface area contributed by atoms with Gasteiger partial charge in [0.05, 0.1) is 12.2 Å². The van der Waals surface area contributed by atoms with E-state index in [1.54, 1.807) is 17.5 Å². The fraction of sp³-hybridized carbons (Fsp3) is 0.300. The van der Waals surface area contributed by atoms with Crippen molar-refractivity contribution in [3.05, 3.63) is 64.8 Å². The second kappa shape index (κ2) is 8.78. The maximum atomic E-state index is 12.2. The molecule has 3 rings (SSSR count). The third kappa shape index (κ3) is 4.80. The zero-order valence-electron chi connectivity index (χ0n) is 15.0. The van der Waals surface area contributed by atoms with Crippen LogP contribution < -0.4 is 5.32 Å². The van der Waals surface area contributed by atoms with E-state index in [9.17, 15) is 4.79 Å². The molecule has 0 fully saturated rings. The summed E-state index contributed by atoms with van der Waals surface area (Å²) >= 11 is 1.70. The largest absolute Gasteiger partial charge is 0.441 e. The lowest BCUT2D eigenvalue weighted by atomic mass is 10.2. The summed E-state index contributed by atoms with van der Waals surface area (Å²) in [4.78, 5) is 19.8. The molecule has 1 aromatic carbocycles. The molecule has 2 aromatic heterocycles. The average molecular weight is 369 g/mol. The van der Waals surface area contributed by atoms with E-state index in [-0.39, 0.29) is 11.9 Å². The van der Waals surface area contributed by atoms with Crippen molar-refractivity contribution in [3.63, 3.8) is 0 Å². The third-order valence-corrected chi connectivity index (χ3v) is 5.14. The number of amides is 1. The van der Waals surface area contributed by atoms with Crippen LogP contribution in [0.25, 0.3) is 11.3 Å². The van der Waals surface area contributed by atoms with E-state index in [0.29, 0.717) is 25.3 Å². The van der Waals surface area contributed by atoms with E-state index in [1.165, 1.54) is 4.88 Å². The molecule has 0 aliphatic heterocycles. The molecule has 0 aliphatic carbocycles. The molecule has 1 amide bonds. The van der Waals surface area contributed by atoms with Gasteiger partial charge in [-0.3, -0.25) is 4.79 Å². The Balaban J connectivity index is 1.49. The summed E-state index contributed by atoms with van der Waals surface area (Å²) in [5.41, 5.74) is 0.987. The van der Waals surface area contributed by atoms with E-state index in [1.807, 2.05) is 50.5 Å². The van der Waals surface area contributed by atoms with Gasteiger partial charge >= 0.3 is 0 Å². The van der Waals surface area contributed by atoms with Crippen molar-refractivity contribution in [2.24, 2.45) is 0 Å². The standard InChI is InChI=1S/C20H23N3O2S/c1-23(2)16(18-9-6-12-26-18)13-21-19(24)10-11-20-22-14-17(25-20)15-7-4-3-5-8-15/h3-9,12,14,16H,10-11,13H2,1-2H3,(H,21,24)/t16-/m1/s1. The number of benzene rings is 1. The number of aryl methyl sites for hydroxylation is 1.